The first-order valence-electron chi connectivity index (χ1n) is 5.55. The van der Waals surface area contributed by atoms with Crippen LogP contribution in [-0.2, 0) is 14.9 Å². The lowest BCUT2D eigenvalue weighted by Crippen LogP contribution is -2.27. The van der Waals surface area contributed by atoms with Gasteiger partial charge in [0.2, 0.25) is 10.0 Å². The smallest absolute Gasteiger partial charge is 0.274 e. The summed E-state index contributed by atoms with van der Waals surface area (Å²) in [5, 5.41) is 1.01. The van der Waals surface area contributed by atoms with Crippen LogP contribution in [0.2, 0.25) is 5.02 Å². The fourth-order valence-electron chi connectivity index (χ4n) is 1.35. The number of carbonyl (C=O) groups excluding carboxylic acids is 1. The van der Waals surface area contributed by atoms with Gasteiger partial charge in [0.1, 0.15) is 4.90 Å². The number of hydrogen-bond donors (Lipinski definition) is 1. The Morgan fingerprint density at radius 1 is 1.55 bits per heavy atom. The third-order valence-electron chi connectivity index (χ3n) is 2.45. The van der Waals surface area contributed by atoms with E-state index in [4.69, 9.17) is 16.4 Å². The van der Waals surface area contributed by atoms with Gasteiger partial charge in [-0.2, -0.15) is 0 Å². The number of rotatable bonds is 6. The topological polar surface area (TPSA) is 75.7 Å². The Morgan fingerprint density at radius 2 is 2.20 bits per heavy atom. The molecule has 1 amide bonds. The van der Waals surface area contributed by atoms with Crippen molar-refractivity contribution in [1.29, 1.82) is 0 Å². The quantitative estimate of drug-likeness (QED) is 0.636. The number of nitrogens with one attached hydrogen (secondary N) is 1. The third-order valence-corrected chi connectivity index (χ3v) is 4.35. The molecular weight excluding hydrogens is 304 g/mol. The highest BCUT2D eigenvalue weighted by atomic mass is 35.5. The predicted molar refractivity (Wildman–Crippen MR) is 75.9 cm³/mol. The van der Waals surface area contributed by atoms with Gasteiger partial charge in [-0.25, -0.2) is 18.2 Å². The van der Waals surface area contributed by atoms with E-state index in [-0.39, 0.29) is 22.0 Å². The van der Waals surface area contributed by atoms with E-state index in [9.17, 15) is 13.2 Å². The standard InChI is InChI=1S/C12H15ClN2O4S/c1-4-7-14-20(17,18)11-8-9(5-6-10(11)13)12(16)15(2)19-3/h4-6,8,14H,1,7H2,2-3H3. The summed E-state index contributed by atoms with van der Waals surface area (Å²) >= 11 is 5.88. The number of nitrogens with zero attached hydrogens (tertiary/aromatic N) is 1. The van der Waals surface area contributed by atoms with Crippen LogP contribution in [-0.4, -0.2) is 40.1 Å². The summed E-state index contributed by atoms with van der Waals surface area (Å²) in [6, 6.07) is 3.97. The van der Waals surface area contributed by atoms with Crippen molar-refractivity contribution in [3.8, 4) is 0 Å². The summed E-state index contributed by atoms with van der Waals surface area (Å²) in [7, 11) is -1.06. The lowest BCUT2D eigenvalue weighted by molar-refractivity contribution is -0.0757. The summed E-state index contributed by atoms with van der Waals surface area (Å²) < 4.78 is 26.3. The lowest BCUT2D eigenvalue weighted by Gasteiger charge is -2.14. The van der Waals surface area contributed by atoms with Crippen molar-refractivity contribution < 1.29 is 18.0 Å². The zero-order valence-corrected chi connectivity index (χ0v) is 12.7. The average molecular weight is 319 g/mol. The van der Waals surface area contributed by atoms with Crippen LogP contribution in [0.15, 0.2) is 35.7 Å². The van der Waals surface area contributed by atoms with Crippen molar-refractivity contribution >= 4 is 27.5 Å². The zero-order valence-electron chi connectivity index (χ0n) is 11.1. The van der Waals surface area contributed by atoms with E-state index in [1.807, 2.05) is 0 Å². The van der Waals surface area contributed by atoms with Gasteiger partial charge in [0.25, 0.3) is 5.91 Å². The molecule has 0 saturated carbocycles. The van der Waals surface area contributed by atoms with Crippen molar-refractivity contribution in [3.63, 3.8) is 0 Å². The molecule has 1 aromatic carbocycles. The summed E-state index contributed by atoms with van der Waals surface area (Å²) in [5.74, 6) is -0.482. The van der Waals surface area contributed by atoms with E-state index in [0.29, 0.717) is 0 Å². The minimum absolute atomic E-state index is 0.0261. The van der Waals surface area contributed by atoms with Crippen LogP contribution in [0.1, 0.15) is 10.4 Å². The molecule has 0 radical (unpaired) electrons. The Hall–Kier alpha value is -1.41. The fourth-order valence-corrected chi connectivity index (χ4v) is 2.88. The molecule has 0 fully saturated rings. The molecular formula is C12H15ClN2O4S. The van der Waals surface area contributed by atoms with E-state index >= 15 is 0 Å². The van der Waals surface area contributed by atoms with Gasteiger partial charge in [-0.05, 0) is 18.2 Å². The highest BCUT2D eigenvalue weighted by Crippen LogP contribution is 2.23. The molecule has 6 nitrogen and oxygen atoms in total. The van der Waals surface area contributed by atoms with Crippen molar-refractivity contribution in [2.45, 2.75) is 4.90 Å². The van der Waals surface area contributed by atoms with Gasteiger partial charge >= 0.3 is 0 Å². The van der Waals surface area contributed by atoms with E-state index in [1.165, 1.54) is 38.4 Å². The Morgan fingerprint density at radius 3 is 2.75 bits per heavy atom. The summed E-state index contributed by atoms with van der Waals surface area (Å²) in [4.78, 5) is 16.5. The van der Waals surface area contributed by atoms with E-state index in [1.54, 1.807) is 0 Å². The molecule has 1 aromatic rings. The molecule has 0 aliphatic heterocycles. The fraction of sp³-hybridized carbons (Fsp3) is 0.250. The molecule has 0 bridgehead atoms. The van der Waals surface area contributed by atoms with Gasteiger partial charge in [0, 0.05) is 19.2 Å². The molecule has 1 rings (SSSR count). The second kappa shape index (κ2) is 6.85. The molecule has 0 saturated heterocycles. The van der Waals surface area contributed by atoms with Crippen molar-refractivity contribution in [2.24, 2.45) is 0 Å². The minimum Gasteiger partial charge on any atom is -0.274 e. The third kappa shape index (κ3) is 3.80. The average Bonchev–Trinajstić information content (AvgIpc) is 2.43. The van der Waals surface area contributed by atoms with Crippen molar-refractivity contribution in [2.75, 3.05) is 20.7 Å². The lowest BCUT2D eigenvalue weighted by atomic mass is 10.2. The van der Waals surface area contributed by atoms with Gasteiger partial charge in [-0.3, -0.25) is 9.63 Å². The van der Waals surface area contributed by atoms with Crippen LogP contribution in [0.25, 0.3) is 0 Å². The van der Waals surface area contributed by atoms with Crippen LogP contribution >= 0.6 is 11.6 Å². The molecule has 8 heteroatoms. The maximum absolute atomic E-state index is 12.0. The molecule has 0 aromatic heterocycles. The molecule has 0 atom stereocenters. The van der Waals surface area contributed by atoms with Crippen LogP contribution in [0.3, 0.4) is 0 Å². The van der Waals surface area contributed by atoms with Gasteiger partial charge < -0.3 is 0 Å². The van der Waals surface area contributed by atoms with Crippen LogP contribution in [0.5, 0.6) is 0 Å². The number of halogens is 1. The first kappa shape index (κ1) is 16.6. The predicted octanol–water partition coefficient (Wildman–Crippen LogP) is 1.44. The summed E-state index contributed by atoms with van der Waals surface area (Å²) in [6.07, 6.45) is 1.40. The summed E-state index contributed by atoms with van der Waals surface area (Å²) in [6.45, 7) is 3.49. The zero-order chi connectivity index (χ0) is 15.3. The number of hydroxylamine groups is 2. The molecule has 20 heavy (non-hydrogen) atoms. The minimum atomic E-state index is -3.81. The second-order valence-corrected chi connectivity index (χ2v) is 5.91. The number of amides is 1. The van der Waals surface area contributed by atoms with Crippen molar-refractivity contribution in [3.05, 3.63) is 41.4 Å². The van der Waals surface area contributed by atoms with Gasteiger partial charge in [-0.1, -0.05) is 17.7 Å². The molecule has 0 heterocycles. The van der Waals surface area contributed by atoms with Gasteiger partial charge in [0.05, 0.1) is 12.1 Å². The monoisotopic (exact) mass is 318 g/mol. The molecule has 0 aliphatic carbocycles. The maximum atomic E-state index is 12.0. The molecule has 110 valence electrons. The van der Waals surface area contributed by atoms with Gasteiger partial charge in [-0.15, -0.1) is 6.58 Å². The van der Waals surface area contributed by atoms with E-state index in [0.717, 1.165) is 5.06 Å². The maximum Gasteiger partial charge on any atom is 0.277 e. The number of carbonyl (C=O) groups is 1. The molecule has 0 unspecified atom stereocenters. The van der Waals surface area contributed by atoms with E-state index in [2.05, 4.69) is 11.3 Å². The Balaban J connectivity index is 3.22. The van der Waals surface area contributed by atoms with Crippen LogP contribution < -0.4 is 4.72 Å². The van der Waals surface area contributed by atoms with E-state index < -0.39 is 15.9 Å². The van der Waals surface area contributed by atoms with Crippen LogP contribution in [0.4, 0.5) is 0 Å². The van der Waals surface area contributed by atoms with Crippen molar-refractivity contribution in [1.82, 2.24) is 9.79 Å². The summed E-state index contributed by atoms with van der Waals surface area (Å²) in [5.41, 5.74) is 0.151. The SMILES string of the molecule is C=CCNS(=O)(=O)c1cc(C(=O)N(C)OC)ccc1Cl. The Labute approximate surface area is 123 Å². The normalized spacial score (nSPS) is 11.2. The first-order chi connectivity index (χ1) is 9.33. The number of hydrogen-bond acceptors (Lipinski definition) is 4. The second-order valence-electron chi connectivity index (χ2n) is 3.77. The molecule has 0 spiro atoms. The number of benzene rings is 1. The molecule has 0 aliphatic rings. The Bertz CT molecular complexity index is 616. The Kier molecular flexibility index (Phi) is 5.70. The van der Waals surface area contributed by atoms with Gasteiger partial charge in [0.15, 0.2) is 0 Å². The van der Waals surface area contributed by atoms with Crippen LogP contribution in [0, 0.1) is 0 Å². The largest absolute Gasteiger partial charge is 0.277 e. The molecule has 1 N–H and O–H groups in total. The highest BCUT2D eigenvalue weighted by molar-refractivity contribution is 7.89. The first-order valence-corrected chi connectivity index (χ1v) is 7.42. The number of sulfonamides is 1. The highest BCUT2D eigenvalue weighted by Gasteiger charge is 2.20.